The number of piperazine rings is 1. The van der Waals surface area contributed by atoms with Gasteiger partial charge in [-0.2, -0.15) is 0 Å². The van der Waals surface area contributed by atoms with Crippen molar-refractivity contribution in [2.45, 2.75) is 4.90 Å². The van der Waals surface area contributed by atoms with Crippen LogP contribution in [0.25, 0.3) is 11.3 Å². The summed E-state index contributed by atoms with van der Waals surface area (Å²) >= 11 is 1.62. The van der Waals surface area contributed by atoms with Gasteiger partial charge in [0.2, 0.25) is 5.95 Å². The number of carbonyl (C=O) groups is 1. The number of anilines is 2. The van der Waals surface area contributed by atoms with Crippen LogP contribution in [0.2, 0.25) is 0 Å². The van der Waals surface area contributed by atoms with Crippen molar-refractivity contribution in [1.82, 2.24) is 20.2 Å². The van der Waals surface area contributed by atoms with Crippen molar-refractivity contribution in [3.05, 3.63) is 66.4 Å². The maximum absolute atomic E-state index is 12.6. The minimum Gasteiger partial charge on any atom is -0.396 e. The molecule has 1 aliphatic rings. The number of thioether (sulfide) groups is 1. The highest BCUT2D eigenvalue weighted by Gasteiger charge is 2.17. The molecule has 0 saturated carbocycles. The fourth-order valence-corrected chi connectivity index (χ4v) is 4.00. The molecule has 2 aromatic carbocycles. The number of hydrogen-bond acceptors (Lipinski definition) is 7. The molecule has 4 rings (SSSR count). The fraction of sp³-hybridized carbons (Fsp3) is 0.261. The predicted octanol–water partition coefficient (Wildman–Crippen LogP) is 3.44. The van der Waals surface area contributed by atoms with Gasteiger partial charge in [-0.1, -0.05) is 12.1 Å². The summed E-state index contributed by atoms with van der Waals surface area (Å²) in [5, 5.41) is 15.4. The number of aliphatic hydroxyl groups excluding tert-OH is 1. The molecule has 0 radical (unpaired) electrons. The lowest BCUT2D eigenvalue weighted by Gasteiger charge is -2.27. The van der Waals surface area contributed by atoms with E-state index in [2.05, 4.69) is 20.6 Å². The standard InChI is InChI=1S/C23H25N5O2S.ClH/c29-15-16-31-20-7-3-17(4-8-20)21-9-10-25-23(27-21)26-19-5-1-18(2-6-19)22(30)28-13-11-24-12-14-28;/h1-10,24,29H,11-16H2,(H,25,26,27);1H. The van der Waals surface area contributed by atoms with E-state index in [4.69, 9.17) is 5.11 Å². The zero-order valence-corrected chi connectivity index (χ0v) is 19.2. The summed E-state index contributed by atoms with van der Waals surface area (Å²) in [5.41, 5.74) is 3.32. The second-order valence-corrected chi connectivity index (χ2v) is 8.27. The Kier molecular flexibility index (Phi) is 8.87. The average molecular weight is 472 g/mol. The molecule has 0 bridgehead atoms. The van der Waals surface area contributed by atoms with Crippen molar-refractivity contribution in [1.29, 1.82) is 0 Å². The average Bonchev–Trinajstić information content (AvgIpc) is 2.84. The second-order valence-electron chi connectivity index (χ2n) is 7.11. The number of benzene rings is 2. The molecule has 168 valence electrons. The molecular weight excluding hydrogens is 446 g/mol. The molecule has 3 N–H and O–H groups in total. The van der Waals surface area contributed by atoms with Gasteiger partial charge in [0.1, 0.15) is 0 Å². The van der Waals surface area contributed by atoms with Crippen molar-refractivity contribution < 1.29 is 9.90 Å². The van der Waals surface area contributed by atoms with Crippen LogP contribution in [0.5, 0.6) is 0 Å². The molecule has 1 fully saturated rings. The summed E-state index contributed by atoms with van der Waals surface area (Å²) in [6.45, 7) is 3.31. The van der Waals surface area contributed by atoms with Crippen LogP contribution in [0.3, 0.4) is 0 Å². The molecule has 1 amide bonds. The number of carbonyl (C=O) groups excluding carboxylic acids is 1. The molecule has 1 aliphatic heterocycles. The van der Waals surface area contributed by atoms with E-state index in [-0.39, 0.29) is 24.9 Å². The second kappa shape index (κ2) is 11.8. The van der Waals surface area contributed by atoms with Gasteiger partial charge in [0.05, 0.1) is 12.3 Å². The van der Waals surface area contributed by atoms with Gasteiger partial charge in [-0.3, -0.25) is 4.79 Å². The largest absolute Gasteiger partial charge is 0.396 e. The Morgan fingerprint density at radius 1 is 1.06 bits per heavy atom. The Labute approximate surface area is 198 Å². The van der Waals surface area contributed by atoms with E-state index in [9.17, 15) is 4.79 Å². The molecule has 0 spiro atoms. The third-order valence-electron chi connectivity index (χ3n) is 4.96. The molecule has 9 heteroatoms. The predicted molar refractivity (Wildman–Crippen MR) is 131 cm³/mol. The number of nitrogens with zero attached hydrogens (tertiary/aromatic N) is 3. The highest BCUT2D eigenvalue weighted by atomic mass is 35.5. The Morgan fingerprint density at radius 2 is 1.78 bits per heavy atom. The van der Waals surface area contributed by atoms with Gasteiger partial charge in [0, 0.05) is 59.8 Å². The third-order valence-corrected chi connectivity index (χ3v) is 5.95. The molecular formula is C23H26ClN5O2S. The van der Waals surface area contributed by atoms with Gasteiger partial charge >= 0.3 is 0 Å². The zero-order chi connectivity index (χ0) is 21.5. The van der Waals surface area contributed by atoms with E-state index in [1.165, 1.54) is 0 Å². The molecule has 3 aromatic rings. The SMILES string of the molecule is Cl.O=C(c1ccc(Nc2nccc(-c3ccc(SCCO)cc3)n2)cc1)N1CCNCC1. The van der Waals surface area contributed by atoms with Crippen LogP contribution >= 0.6 is 24.2 Å². The van der Waals surface area contributed by atoms with E-state index in [1.54, 1.807) is 18.0 Å². The van der Waals surface area contributed by atoms with Crippen LogP contribution in [0.4, 0.5) is 11.6 Å². The van der Waals surface area contributed by atoms with Crippen molar-refractivity contribution in [2.75, 3.05) is 43.9 Å². The Balaban J connectivity index is 0.00000289. The summed E-state index contributed by atoms with van der Waals surface area (Å²) in [4.78, 5) is 24.5. The van der Waals surface area contributed by atoms with Gasteiger partial charge in [-0.25, -0.2) is 9.97 Å². The van der Waals surface area contributed by atoms with Crippen molar-refractivity contribution >= 4 is 41.7 Å². The van der Waals surface area contributed by atoms with Gasteiger partial charge in [-0.15, -0.1) is 24.2 Å². The lowest BCUT2D eigenvalue weighted by Crippen LogP contribution is -2.46. The van der Waals surface area contributed by atoms with E-state index < -0.39 is 0 Å². The molecule has 0 atom stereocenters. The first kappa shape index (κ1) is 24.0. The van der Waals surface area contributed by atoms with Crippen LogP contribution in [0.15, 0.2) is 65.7 Å². The fourth-order valence-electron chi connectivity index (χ4n) is 3.34. The third kappa shape index (κ3) is 6.20. The molecule has 1 saturated heterocycles. The number of aromatic nitrogens is 2. The van der Waals surface area contributed by atoms with Crippen molar-refractivity contribution in [3.8, 4) is 11.3 Å². The first-order valence-corrected chi connectivity index (χ1v) is 11.3. The van der Waals surface area contributed by atoms with Crippen molar-refractivity contribution in [2.24, 2.45) is 0 Å². The van der Waals surface area contributed by atoms with Crippen molar-refractivity contribution in [3.63, 3.8) is 0 Å². The van der Waals surface area contributed by atoms with Gasteiger partial charge in [-0.05, 0) is 42.5 Å². The smallest absolute Gasteiger partial charge is 0.253 e. The molecule has 0 unspecified atom stereocenters. The lowest BCUT2D eigenvalue weighted by atomic mass is 10.1. The molecule has 32 heavy (non-hydrogen) atoms. The highest BCUT2D eigenvalue weighted by Crippen LogP contribution is 2.24. The van der Waals surface area contributed by atoms with E-state index in [0.29, 0.717) is 17.3 Å². The molecule has 7 nitrogen and oxygen atoms in total. The molecule has 2 heterocycles. The Hall–Kier alpha value is -2.65. The zero-order valence-electron chi connectivity index (χ0n) is 17.5. The van der Waals surface area contributed by atoms with E-state index in [1.807, 2.05) is 59.5 Å². The monoisotopic (exact) mass is 471 g/mol. The number of hydrogen-bond donors (Lipinski definition) is 3. The first-order valence-electron chi connectivity index (χ1n) is 10.3. The summed E-state index contributed by atoms with van der Waals surface area (Å²) in [7, 11) is 0. The number of halogens is 1. The van der Waals surface area contributed by atoms with E-state index in [0.717, 1.165) is 48.0 Å². The van der Waals surface area contributed by atoms with Crippen LogP contribution in [0.1, 0.15) is 10.4 Å². The summed E-state index contributed by atoms with van der Waals surface area (Å²) in [6, 6.07) is 17.4. The summed E-state index contributed by atoms with van der Waals surface area (Å²) in [6.07, 6.45) is 1.72. The number of amides is 1. The van der Waals surface area contributed by atoms with Crippen LogP contribution < -0.4 is 10.6 Å². The molecule has 1 aromatic heterocycles. The quantitative estimate of drug-likeness (QED) is 0.455. The number of rotatable bonds is 7. The Morgan fingerprint density at radius 3 is 2.47 bits per heavy atom. The summed E-state index contributed by atoms with van der Waals surface area (Å²) < 4.78 is 0. The number of nitrogens with one attached hydrogen (secondary N) is 2. The van der Waals surface area contributed by atoms with E-state index >= 15 is 0 Å². The van der Waals surface area contributed by atoms with Crippen LogP contribution in [0, 0.1) is 0 Å². The highest BCUT2D eigenvalue weighted by molar-refractivity contribution is 7.99. The normalized spacial score (nSPS) is 13.3. The maximum Gasteiger partial charge on any atom is 0.253 e. The minimum absolute atomic E-state index is 0. The molecule has 0 aliphatic carbocycles. The topological polar surface area (TPSA) is 90.4 Å². The lowest BCUT2D eigenvalue weighted by molar-refractivity contribution is 0.0736. The summed E-state index contributed by atoms with van der Waals surface area (Å²) in [5.74, 6) is 1.24. The van der Waals surface area contributed by atoms with Crippen LogP contribution in [-0.4, -0.2) is 64.4 Å². The minimum atomic E-state index is 0. The Bertz CT molecular complexity index is 1010. The van der Waals surface area contributed by atoms with Gasteiger partial charge in [0.15, 0.2) is 0 Å². The first-order chi connectivity index (χ1) is 15.2. The van der Waals surface area contributed by atoms with Gasteiger partial charge < -0.3 is 20.6 Å². The number of aliphatic hydroxyl groups is 1. The maximum atomic E-state index is 12.6. The van der Waals surface area contributed by atoms with Gasteiger partial charge in [0.25, 0.3) is 5.91 Å². The van der Waals surface area contributed by atoms with Crippen LogP contribution in [-0.2, 0) is 0 Å².